The molecule has 0 aliphatic rings. The quantitative estimate of drug-likeness (QED) is 0.841. The average molecular weight is 219 g/mol. The van der Waals surface area contributed by atoms with Crippen molar-refractivity contribution in [3.63, 3.8) is 0 Å². The fraction of sp³-hybridized carbons (Fsp3) is 0.250. The van der Waals surface area contributed by atoms with Crippen LogP contribution in [0.15, 0.2) is 30.6 Å². The Bertz CT molecular complexity index is 503. The molecule has 1 aromatic heterocycles. The highest BCUT2D eigenvalue weighted by molar-refractivity contribution is 5.66. The van der Waals surface area contributed by atoms with Gasteiger partial charge in [0.15, 0.2) is 0 Å². The van der Waals surface area contributed by atoms with E-state index in [9.17, 15) is 4.39 Å². The normalized spacial score (nSPS) is 12.8. The summed E-state index contributed by atoms with van der Waals surface area (Å²) in [6.45, 7) is 1.88. The van der Waals surface area contributed by atoms with E-state index in [0.717, 1.165) is 16.7 Å². The standard InChI is InChI=1S/C12H14FN3/c1-8(14)11-4-3-10(13)5-12(11)9-6-15-16(2)7-9/h3-8H,14H2,1-2H3. The Kier molecular flexibility index (Phi) is 2.75. The van der Waals surface area contributed by atoms with E-state index < -0.39 is 0 Å². The van der Waals surface area contributed by atoms with Gasteiger partial charge in [-0.2, -0.15) is 5.10 Å². The van der Waals surface area contributed by atoms with Gasteiger partial charge in [0, 0.05) is 24.8 Å². The van der Waals surface area contributed by atoms with Crippen LogP contribution in [-0.2, 0) is 7.05 Å². The van der Waals surface area contributed by atoms with Crippen LogP contribution in [0.25, 0.3) is 11.1 Å². The second-order valence-corrected chi connectivity index (χ2v) is 3.92. The molecule has 1 unspecified atom stereocenters. The van der Waals surface area contributed by atoms with Crippen LogP contribution in [0.4, 0.5) is 4.39 Å². The third-order valence-corrected chi connectivity index (χ3v) is 2.52. The molecule has 2 aromatic rings. The zero-order chi connectivity index (χ0) is 11.7. The molecule has 2 N–H and O–H groups in total. The van der Waals surface area contributed by atoms with Gasteiger partial charge in [0.2, 0.25) is 0 Å². The fourth-order valence-corrected chi connectivity index (χ4v) is 1.74. The number of benzene rings is 1. The summed E-state index contributed by atoms with van der Waals surface area (Å²) in [7, 11) is 1.83. The highest BCUT2D eigenvalue weighted by atomic mass is 19.1. The van der Waals surface area contributed by atoms with Crippen LogP contribution in [0, 0.1) is 5.82 Å². The molecule has 0 spiro atoms. The summed E-state index contributed by atoms with van der Waals surface area (Å²) in [5, 5.41) is 4.08. The molecule has 16 heavy (non-hydrogen) atoms. The summed E-state index contributed by atoms with van der Waals surface area (Å²) in [5.41, 5.74) is 8.48. The van der Waals surface area contributed by atoms with Gasteiger partial charge in [-0.15, -0.1) is 0 Å². The van der Waals surface area contributed by atoms with Crippen LogP contribution in [0.1, 0.15) is 18.5 Å². The molecule has 0 fully saturated rings. The maximum Gasteiger partial charge on any atom is 0.123 e. The van der Waals surface area contributed by atoms with Crippen molar-refractivity contribution in [1.82, 2.24) is 9.78 Å². The highest BCUT2D eigenvalue weighted by Crippen LogP contribution is 2.27. The summed E-state index contributed by atoms with van der Waals surface area (Å²) in [5.74, 6) is -0.261. The van der Waals surface area contributed by atoms with Crippen molar-refractivity contribution in [1.29, 1.82) is 0 Å². The van der Waals surface area contributed by atoms with Crippen LogP contribution in [0.2, 0.25) is 0 Å². The number of rotatable bonds is 2. The number of halogens is 1. The van der Waals surface area contributed by atoms with Gasteiger partial charge in [0.1, 0.15) is 5.82 Å². The van der Waals surface area contributed by atoms with Gasteiger partial charge in [0.25, 0.3) is 0 Å². The third-order valence-electron chi connectivity index (χ3n) is 2.52. The zero-order valence-corrected chi connectivity index (χ0v) is 9.31. The molecule has 1 atom stereocenters. The van der Waals surface area contributed by atoms with E-state index >= 15 is 0 Å². The van der Waals surface area contributed by atoms with Gasteiger partial charge in [0.05, 0.1) is 6.20 Å². The lowest BCUT2D eigenvalue weighted by Gasteiger charge is -2.11. The van der Waals surface area contributed by atoms with E-state index in [4.69, 9.17) is 5.73 Å². The lowest BCUT2D eigenvalue weighted by Crippen LogP contribution is -2.06. The molecule has 0 radical (unpaired) electrons. The lowest BCUT2D eigenvalue weighted by molar-refractivity contribution is 0.626. The molecule has 0 aliphatic heterocycles. The van der Waals surface area contributed by atoms with E-state index in [0.29, 0.717) is 0 Å². The van der Waals surface area contributed by atoms with E-state index in [-0.39, 0.29) is 11.9 Å². The molecular weight excluding hydrogens is 205 g/mol. The smallest absolute Gasteiger partial charge is 0.123 e. The largest absolute Gasteiger partial charge is 0.324 e. The summed E-state index contributed by atoms with van der Waals surface area (Å²) < 4.78 is 14.9. The number of aromatic nitrogens is 2. The number of hydrogen-bond donors (Lipinski definition) is 1. The van der Waals surface area contributed by atoms with E-state index in [2.05, 4.69) is 5.10 Å². The molecule has 0 aliphatic carbocycles. The minimum atomic E-state index is -0.261. The Hall–Kier alpha value is -1.68. The molecule has 1 heterocycles. The van der Waals surface area contributed by atoms with Crippen molar-refractivity contribution in [2.45, 2.75) is 13.0 Å². The zero-order valence-electron chi connectivity index (χ0n) is 9.31. The first-order chi connectivity index (χ1) is 7.58. The van der Waals surface area contributed by atoms with Crippen molar-refractivity contribution >= 4 is 0 Å². The Morgan fingerprint density at radius 3 is 2.75 bits per heavy atom. The molecular formula is C12H14FN3. The third kappa shape index (κ3) is 1.97. The van der Waals surface area contributed by atoms with Crippen molar-refractivity contribution in [2.75, 3.05) is 0 Å². The predicted molar refractivity (Wildman–Crippen MR) is 61.2 cm³/mol. The Labute approximate surface area is 93.7 Å². The number of aryl methyl sites for hydroxylation is 1. The van der Waals surface area contributed by atoms with Gasteiger partial charge >= 0.3 is 0 Å². The van der Waals surface area contributed by atoms with E-state index in [1.54, 1.807) is 16.9 Å². The van der Waals surface area contributed by atoms with E-state index in [1.165, 1.54) is 12.1 Å². The molecule has 3 nitrogen and oxygen atoms in total. The topological polar surface area (TPSA) is 43.8 Å². The maximum atomic E-state index is 13.2. The first-order valence-corrected chi connectivity index (χ1v) is 5.12. The SMILES string of the molecule is CC(N)c1ccc(F)cc1-c1cnn(C)c1. The Morgan fingerprint density at radius 1 is 1.44 bits per heavy atom. The predicted octanol–water partition coefficient (Wildman–Crippen LogP) is 2.25. The first-order valence-electron chi connectivity index (χ1n) is 5.12. The molecule has 1 aromatic carbocycles. The number of nitrogens with two attached hydrogens (primary N) is 1. The van der Waals surface area contributed by atoms with Gasteiger partial charge in [-0.25, -0.2) is 4.39 Å². The van der Waals surface area contributed by atoms with Crippen molar-refractivity contribution < 1.29 is 4.39 Å². The average Bonchev–Trinajstić information content (AvgIpc) is 2.64. The Morgan fingerprint density at radius 2 is 2.19 bits per heavy atom. The van der Waals surface area contributed by atoms with Crippen LogP contribution < -0.4 is 5.73 Å². The Balaban J connectivity index is 2.57. The fourth-order valence-electron chi connectivity index (χ4n) is 1.74. The number of nitrogens with zero attached hydrogens (tertiary/aromatic N) is 2. The molecule has 4 heteroatoms. The second kappa shape index (κ2) is 4.06. The van der Waals surface area contributed by atoms with E-state index in [1.807, 2.05) is 20.2 Å². The monoisotopic (exact) mass is 219 g/mol. The summed E-state index contributed by atoms with van der Waals surface area (Å²) in [6.07, 6.45) is 3.56. The van der Waals surface area contributed by atoms with Gasteiger partial charge in [-0.05, 0) is 30.2 Å². The molecule has 0 saturated heterocycles. The minimum absolute atomic E-state index is 0.129. The highest BCUT2D eigenvalue weighted by Gasteiger charge is 2.11. The molecule has 0 bridgehead atoms. The summed E-state index contributed by atoms with van der Waals surface area (Å²) >= 11 is 0. The summed E-state index contributed by atoms with van der Waals surface area (Å²) in [6, 6.07) is 4.52. The summed E-state index contributed by atoms with van der Waals surface area (Å²) in [4.78, 5) is 0. The molecule has 84 valence electrons. The van der Waals surface area contributed by atoms with Crippen LogP contribution in [-0.4, -0.2) is 9.78 Å². The van der Waals surface area contributed by atoms with Crippen molar-refractivity contribution in [3.8, 4) is 11.1 Å². The minimum Gasteiger partial charge on any atom is -0.324 e. The maximum absolute atomic E-state index is 13.2. The van der Waals surface area contributed by atoms with Gasteiger partial charge < -0.3 is 5.73 Å². The number of hydrogen-bond acceptors (Lipinski definition) is 2. The lowest BCUT2D eigenvalue weighted by atomic mass is 9.98. The second-order valence-electron chi connectivity index (χ2n) is 3.92. The molecule has 0 amide bonds. The molecule has 2 rings (SSSR count). The van der Waals surface area contributed by atoms with Crippen LogP contribution >= 0.6 is 0 Å². The van der Waals surface area contributed by atoms with Crippen LogP contribution in [0.5, 0.6) is 0 Å². The van der Waals surface area contributed by atoms with Gasteiger partial charge in [-0.1, -0.05) is 6.07 Å². The molecule has 0 saturated carbocycles. The van der Waals surface area contributed by atoms with Crippen molar-refractivity contribution in [2.24, 2.45) is 12.8 Å². The van der Waals surface area contributed by atoms with Crippen molar-refractivity contribution in [3.05, 3.63) is 42.0 Å². The first kappa shape index (κ1) is 10.8. The van der Waals surface area contributed by atoms with Crippen LogP contribution in [0.3, 0.4) is 0 Å². The van der Waals surface area contributed by atoms with Gasteiger partial charge in [-0.3, -0.25) is 4.68 Å².